The zero-order valence-electron chi connectivity index (χ0n) is 19.5. The minimum Gasteiger partial charge on any atom is -0.493 e. The Kier molecular flexibility index (Phi) is 6.54. The van der Waals surface area contributed by atoms with Gasteiger partial charge in [-0.2, -0.15) is 0 Å². The molecule has 2 aliphatic carbocycles. The average molecular weight is 436 g/mol. The van der Waals surface area contributed by atoms with E-state index in [9.17, 15) is 9.59 Å². The summed E-state index contributed by atoms with van der Waals surface area (Å²) in [7, 11) is 3.65. The summed E-state index contributed by atoms with van der Waals surface area (Å²) >= 11 is 0. The lowest BCUT2D eigenvalue weighted by atomic mass is 9.71. The summed E-state index contributed by atoms with van der Waals surface area (Å²) < 4.78 is 11.8. The van der Waals surface area contributed by atoms with E-state index in [1.807, 2.05) is 19.2 Å². The van der Waals surface area contributed by atoms with E-state index in [-0.39, 0.29) is 17.5 Å². The van der Waals surface area contributed by atoms with Crippen LogP contribution in [0.15, 0.2) is 47.3 Å². The van der Waals surface area contributed by atoms with Crippen LogP contribution in [-0.2, 0) is 16.0 Å². The number of Topliss-reactive ketones (excluding diaryl/α,β-unsaturated/α-hetero) is 2. The van der Waals surface area contributed by atoms with Crippen molar-refractivity contribution in [3.63, 3.8) is 0 Å². The maximum Gasteiger partial charge on any atom is 0.164 e. The van der Waals surface area contributed by atoms with E-state index >= 15 is 0 Å². The van der Waals surface area contributed by atoms with E-state index in [4.69, 9.17) is 9.47 Å². The quantitative estimate of drug-likeness (QED) is 0.547. The number of ketones is 2. The Hall–Kier alpha value is -2.82. The van der Waals surface area contributed by atoms with Gasteiger partial charge in [0.2, 0.25) is 0 Å². The Balaban J connectivity index is 1.94. The van der Waals surface area contributed by atoms with Crippen LogP contribution in [0.5, 0.6) is 11.5 Å². The van der Waals surface area contributed by atoms with Gasteiger partial charge in [-0.1, -0.05) is 19.1 Å². The molecule has 1 aromatic rings. The fraction of sp³-hybridized carbons (Fsp3) is 0.481. The number of hydrogen-bond donors (Lipinski definition) is 0. The van der Waals surface area contributed by atoms with Gasteiger partial charge in [-0.25, -0.2) is 0 Å². The summed E-state index contributed by atoms with van der Waals surface area (Å²) in [6.45, 7) is 6.57. The Labute approximate surface area is 190 Å². The van der Waals surface area contributed by atoms with Crippen molar-refractivity contribution in [2.24, 2.45) is 0 Å². The average Bonchev–Trinajstić information content (AvgIpc) is 2.79. The molecule has 0 N–H and O–H groups in total. The zero-order chi connectivity index (χ0) is 22.8. The second kappa shape index (κ2) is 9.35. The molecule has 1 aliphatic heterocycles. The van der Waals surface area contributed by atoms with Crippen molar-refractivity contribution in [2.75, 3.05) is 20.8 Å². The Bertz CT molecular complexity index is 973. The molecule has 0 unspecified atom stereocenters. The smallest absolute Gasteiger partial charge is 0.164 e. The van der Waals surface area contributed by atoms with Crippen LogP contribution in [0.25, 0.3) is 0 Å². The summed E-state index contributed by atoms with van der Waals surface area (Å²) in [4.78, 5) is 28.6. The Morgan fingerprint density at radius 3 is 2.22 bits per heavy atom. The highest BCUT2D eigenvalue weighted by Crippen LogP contribution is 2.50. The monoisotopic (exact) mass is 435 g/mol. The first-order valence-electron chi connectivity index (χ1n) is 11.7. The van der Waals surface area contributed by atoms with Crippen LogP contribution in [0, 0.1) is 0 Å². The number of rotatable bonds is 7. The third kappa shape index (κ3) is 3.78. The molecule has 0 amide bonds. The molecule has 0 atom stereocenters. The predicted molar refractivity (Wildman–Crippen MR) is 125 cm³/mol. The van der Waals surface area contributed by atoms with Crippen molar-refractivity contribution in [1.82, 2.24) is 4.90 Å². The highest BCUT2D eigenvalue weighted by atomic mass is 16.5. The number of nitrogens with zero attached hydrogens (tertiary/aromatic N) is 1. The predicted octanol–water partition coefficient (Wildman–Crippen LogP) is 5.26. The van der Waals surface area contributed by atoms with Gasteiger partial charge in [-0.05, 0) is 50.2 Å². The molecule has 0 spiro atoms. The standard InChI is InChI=1S/C27H33NO4/c1-5-9-17-15-18(16-23(31-4)27(17)32-14-6-2)24-25-19(10-7-12-21(25)29)28(3)20-11-8-13-22(30)26(20)24/h5,15-16,24H,1,6-14H2,2-4H3. The molecule has 5 heteroatoms. The normalized spacial score (nSPS) is 19.2. The number of allylic oxidation sites excluding steroid dienone is 5. The molecule has 0 saturated heterocycles. The van der Waals surface area contributed by atoms with Crippen LogP contribution in [-0.4, -0.2) is 37.2 Å². The first kappa shape index (κ1) is 22.4. The topological polar surface area (TPSA) is 55.8 Å². The molecular formula is C27H33NO4. The number of ether oxygens (including phenoxy) is 2. The summed E-state index contributed by atoms with van der Waals surface area (Å²) in [5, 5.41) is 0. The number of methoxy groups -OCH3 is 1. The van der Waals surface area contributed by atoms with Crippen molar-refractivity contribution in [2.45, 2.75) is 64.2 Å². The minimum atomic E-state index is -0.338. The van der Waals surface area contributed by atoms with Gasteiger partial charge in [0.1, 0.15) is 0 Å². The molecule has 0 saturated carbocycles. The summed E-state index contributed by atoms with van der Waals surface area (Å²) in [5.41, 5.74) is 5.65. The van der Waals surface area contributed by atoms with E-state index in [0.717, 1.165) is 71.5 Å². The second-order valence-electron chi connectivity index (χ2n) is 8.82. The second-order valence-corrected chi connectivity index (χ2v) is 8.82. The van der Waals surface area contributed by atoms with Crippen LogP contribution in [0.1, 0.15) is 68.9 Å². The number of hydrogen-bond acceptors (Lipinski definition) is 5. The first-order chi connectivity index (χ1) is 15.5. The summed E-state index contributed by atoms with van der Waals surface area (Å²) in [5.74, 6) is 1.34. The molecule has 3 aliphatic rings. The molecule has 0 bridgehead atoms. The van der Waals surface area contributed by atoms with E-state index in [2.05, 4.69) is 24.5 Å². The molecule has 0 aromatic heterocycles. The first-order valence-corrected chi connectivity index (χ1v) is 11.7. The highest BCUT2D eigenvalue weighted by molar-refractivity contribution is 6.06. The maximum atomic E-state index is 13.2. The third-order valence-electron chi connectivity index (χ3n) is 6.77. The fourth-order valence-electron chi connectivity index (χ4n) is 5.36. The summed E-state index contributed by atoms with van der Waals surface area (Å²) in [6, 6.07) is 4.05. The maximum absolute atomic E-state index is 13.2. The van der Waals surface area contributed by atoms with Crippen molar-refractivity contribution >= 4 is 11.6 Å². The van der Waals surface area contributed by atoms with Crippen LogP contribution in [0.2, 0.25) is 0 Å². The van der Waals surface area contributed by atoms with Crippen LogP contribution < -0.4 is 9.47 Å². The highest BCUT2D eigenvalue weighted by Gasteiger charge is 2.42. The minimum absolute atomic E-state index is 0.156. The van der Waals surface area contributed by atoms with Gasteiger partial charge < -0.3 is 14.4 Å². The van der Waals surface area contributed by atoms with Crippen molar-refractivity contribution in [1.29, 1.82) is 0 Å². The lowest BCUT2D eigenvalue weighted by molar-refractivity contribution is -0.117. The third-order valence-corrected chi connectivity index (χ3v) is 6.77. The van der Waals surface area contributed by atoms with Crippen molar-refractivity contribution < 1.29 is 19.1 Å². The molecule has 0 radical (unpaired) electrons. The van der Waals surface area contributed by atoms with E-state index in [1.165, 1.54) is 0 Å². The Morgan fingerprint density at radius 2 is 1.69 bits per heavy atom. The number of carbonyl (C=O) groups excluding carboxylic acids is 2. The molecule has 1 aromatic carbocycles. The molecule has 170 valence electrons. The number of carbonyl (C=O) groups is 2. The van der Waals surface area contributed by atoms with Gasteiger partial charge in [0.05, 0.1) is 13.7 Å². The van der Waals surface area contributed by atoms with Crippen molar-refractivity contribution in [3.8, 4) is 11.5 Å². The molecule has 4 rings (SSSR count). The van der Waals surface area contributed by atoms with E-state index in [0.29, 0.717) is 31.6 Å². The van der Waals surface area contributed by atoms with E-state index < -0.39 is 0 Å². The van der Waals surface area contributed by atoms with Crippen molar-refractivity contribution in [3.05, 3.63) is 58.5 Å². The molecule has 0 fully saturated rings. The van der Waals surface area contributed by atoms with E-state index in [1.54, 1.807) is 7.11 Å². The Morgan fingerprint density at radius 1 is 1.06 bits per heavy atom. The number of benzene rings is 1. The molecular weight excluding hydrogens is 402 g/mol. The van der Waals surface area contributed by atoms with Gasteiger partial charge in [0.15, 0.2) is 23.1 Å². The van der Waals surface area contributed by atoms with Crippen LogP contribution >= 0.6 is 0 Å². The zero-order valence-corrected chi connectivity index (χ0v) is 19.5. The van der Waals surface area contributed by atoms with Gasteiger partial charge in [-0.15, -0.1) is 6.58 Å². The van der Waals surface area contributed by atoms with Gasteiger partial charge in [-0.3, -0.25) is 9.59 Å². The fourth-order valence-corrected chi connectivity index (χ4v) is 5.36. The van der Waals surface area contributed by atoms with Crippen LogP contribution in [0.4, 0.5) is 0 Å². The molecule has 32 heavy (non-hydrogen) atoms. The SMILES string of the molecule is C=CCc1cc(C2C3=C(CCCC3=O)N(C)C3=C2C(=O)CCC3)cc(OC)c1OCCC. The largest absolute Gasteiger partial charge is 0.493 e. The molecule has 1 heterocycles. The van der Waals surface area contributed by atoms with Crippen LogP contribution in [0.3, 0.4) is 0 Å². The molecule has 5 nitrogen and oxygen atoms in total. The lowest BCUT2D eigenvalue weighted by Crippen LogP contribution is -2.37. The van der Waals surface area contributed by atoms with Gasteiger partial charge >= 0.3 is 0 Å². The van der Waals surface area contributed by atoms with Gasteiger partial charge in [0, 0.05) is 53.9 Å². The van der Waals surface area contributed by atoms with Gasteiger partial charge in [0.25, 0.3) is 0 Å². The lowest BCUT2D eigenvalue weighted by Gasteiger charge is -2.42. The summed E-state index contributed by atoms with van der Waals surface area (Å²) in [6.07, 6.45) is 7.89.